The van der Waals surface area contributed by atoms with Gasteiger partial charge in [0.15, 0.2) is 0 Å². The van der Waals surface area contributed by atoms with E-state index in [2.05, 4.69) is 6.07 Å². The predicted molar refractivity (Wildman–Crippen MR) is 116 cm³/mol. The third kappa shape index (κ3) is 3.19. The Kier molecular flexibility index (Phi) is 5.54. The fraction of sp³-hybridized carbons (Fsp3) is 0.348. The zero-order valence-corrected chi connectivity index (χ0v) is 17.8. The number of methoxy groups -OCH3 is 1. The van der Waals surface area contributed by atoms with E-state index < -0.39 is 6.67 Å². The van der Waals surface area contributed by atoms with Crippen LogP contribution in [-0.4, -0.2) is 42.2 Å². The maximum Gasteiger partial charge on any atom is 0.240 e. The number of aryl methyl sites for hydroxylation is 1. The minimum atomic E-state index is -0.475. The summed E-state index contributed by atoms with van der Waals surface area (Å²) in [5.41, 5.74) is 3.89. The first-order valence-electron chi connectivity index (χ1n) is 9.95. The summed E-state index contributed by atoms with van der Waals surface area (Å²) < 4.78 is 21.0. The van der Waals surface area contributed by atoms with Crippen molar-refractivity contribution in [3.8, 4) is 17.0 Å². The van der Waals surface area contributed by atoms with Crippen LogP contribution >= 0.6 is 11.8 Å². The van der Waals surface area contributed by atoms with Crippen LogP contribution in [0.15, 0.2) is 47.4 Å². The van der Waals surface area contributed by atoms with Crippen LogP contribution in [0.3, 0.4) is 0 Å². The number of carbonyl (C=O) groups is 1. The third-order valence-corrected chi connectivity index (χ3v) is 6.85. The van der Waals surface area contributed by atoms with Crippen molar-refractivity contribution in [1.82, 2.24) is 9.47 Å². The van der Waals surface area contributed by atoms with Gasteiger partial charge in [-0.2, -0.15) is 0 Å². The van der Waals surface area contributed by atoms with Crippen molar-refractivity contribution >= 4 is 28.6 Å². The van der Waals surface area contributed by atoms with Gasteiger partial charge in [-0.05, 0) is 32.0 Å². The van der Waals surface area contributed by atoms with Gasteiger partial charge in [-0.25, -0.2) is 4.39 Å². The van der Waals surface area contributed by atoms with Gasteiger partial charge in [0.1, 0.15) is 17.7 Å². The molecule has 0 radical (unpaired) electrons. The highest BCUT2D eigenvalue weighted by Crippen LogP contribution is 2.53. The van der Waals surface area contributed by atoms with E-state index in [0.717, 1.165) is 38.4 Å². The smallest absolute Gasteiger partial charge is 0.240 e. The molecule has 152 valence electrons. The maximum absolute atomic E-state index is 13.6. The predicted octanol–water partition coefficient (Wildman–Crippen LogP) is 5.30. The van der Waals surface area contributed by atoms with Gasteiger partial charge in [0, 0.05) is 40.6 Å². The average Bonchev–Trinajstić information content (AvgIpc) is 3.08. The summed E-state index contributed by atoms with van der Waals surface area (Å²) in [6, 6.07) is 13.9. The van der Waals surface area contributed by atoms with Gasteiger partial charge in [0.25, 0.3) is 0 Å². The minimum Gasteiger partial charge on any atom is -0.497 e. The first-order valence-corrected chi connectivity index (χ1v) is 10.8. The minimum absolute atomic E-state index is 0.103. The number of aromatic nitrogens is 1. The lowest BCUT2D eigenvalue weighted by molar-refractivity contribution is -0.130. The molecule has 0 aliphatic carbocycles. The Morgan fingerprint density at radius 2 is 1.97 bits per heavy atom. The Labute approximate surface area is 174 Å². The van der Waals surface area contributed by atoms with Gasteiger partial charge < -0.3 is 14.2 Å². The van der Waals surface area contributed by atoms with Gasteiger partial charge in [0.2, 0.25) is 5.91 Å². The van der Waals surface area contributed by atoms with E-state index in [1.54, 1.807) is 18.9 Å². The Bertz CT molecular complexity index is 1060. The molecular weight excluding hydrogens is 386 g/mol. The first-order chi connectivity index (χ1) is 14.1. The lowest BCUT2D eigenvalue weighted by Gasteiger charge is -2.29. The summed E-state index contributed by atoms with van der Waals surface area (Å²) in [6.45, 7) is 5.10. The van der Waals surface area contributed by atoms with E-state index in [1.807, 2.05) is 59.7 Å². The molecule has 29 heavy (non-hydrogen) atoms. The molecule has 0 spiro atoms. The largest absolute Gasteiger partial charge is 0.497 e. The number of halogens is 1. The fourth-order valence-electron chi connectivity index (χ4n) is 4.18. The van der Waals surface area contributed by atoms with Gasteiger partial charge in [0.05, 0.1) is 24.9 Å². The number of rotatable bonds is 6. The zero-order valence-electron chi connectivity index (χ0n) is 16.9. The molecule has 1 aliphatic rings. The molecule has 0 fully saturated rings. The lowest BCUT2D eigenvalue weighted by Crippen LogP contribution is -2.34. The number of benzene rings is 2. The van der Waals surface area contributed by atoms with Crippen LogP contribution in [0.5, 0.6) is 5.75 Å². The Hall–Kier alpha value is -2.47. The second-order valence-corrected chi connectivity index (χ2v) is 8.14. The Morgan fingerprint density at radius 1 is 1.21 bits per heavy atom. The average molecular weight is 412 g/mol. The molecule has 1 aliphatic heterocycles. The highest BCUT2D eigenvalue weighted by molar-refractivity contribution is 8.00. The topological polar surface area (TPSA) is 34.5 Å². The van der Waals surface area contributed by atoms with Gasteiger partial charge in [-0.3, -0.25) is 4.79 Å². The van der Waals surface area contributed by atoms with E-state index in [-0.39, 0.29) is 17.7 Å². The van der Waals surface area contributed by atoms with Crippen LogP contribution in [0.25, 0.3) is 22.2 Å². The molecule has 1 atom stereocenters. The van der Waals surface area contributed by atoms with E-state index in [1.165, 1.54) is 0 Å². The van der Waals surface area contributed by atoms with Crippen molar-refractivity contribution in [3.05, 3.63) is 48.0 Å². The van der Waals surface area contributed by atoms with Gasteiger partial charge in [-0.15, -0.1) is 11.8 Å². The van der Waals surface area contributed by atoms with Crippen molar-refractivity contribution in [2.24, 2.45) is 0 Å². The van der Waals surface area contributed by atoms with E-state index in [9.17, 15) is 9.18 Å². The molecular formula is C23H25FN2O2S. The number of hydrogen-bond acceptors (Lipinski definition) is 3. The normalized spacial score (nSPS) is 15.1. The van der Waals surface area contributed by atoms with Crippen molar-refractivity contribution in [2.75, 3.05) is 26.9 Å². The van der Waals surface area contributed by atoms with Gasteiger partial charge >= 0.3 is 0 Å². The van der Waals surface area contributed by atoms with Crippen LogP contribution in [-0.2, 0) is 11.3 Å². The van der Waals surface area contributed by atoms with E-state index >= 15 is 0 Å². The SMILES string of the molecule is CCN(CC)C(=O)[C@H]1Sc2ccccc2-c2c1c1ccc(OC)cc1n2CC[18F]. The van der Waals surface area contributed by atoms with E-state index in [0.29, 0.717) is 13.1 Å². The van der Waals surface area contributed by atoms with Crippen LogP contribution in [0, 0.1) is 0 Å². The lowest BCUT2D eigenvalue weighted by atomic mass is 10.0. The van der Waals surface area contributed by atoms with E-state index in [4.69, 9.17) is 4.74 Å². The summed E-state index contributed by atoms with van der Waals surface area (Å²) >= 11 is 1.59. The molecule has 2 heterocycles. The molecule has 0 bridgehead atoms. The quantitative estimate of drug-likeness (QED) is 0.552. The number of ether oxygens (including phenoxy) is 1. The molecule has 0 saturated carbocycles. The molecule has 0 N–H and O–H groups in total. The molecule has 4 rings (SSSR count). The highest BCUT2D eigenvalue weighted by Gasteiger charge is 2.37. The second-order valence-electron chi connectivity index (χ2n) is 6.99. The molecule has 1 aromatic heterocycles. The van der Waals surface area contributed by atoms with Crippen LogP contribution < -0.4 is 4.74 Å². The number of nitrogens with zero attached hydrogens (tertiary/aromatic N) is 2. The molecule has 4 nitrogen and oxygen atoms in total. The Balaban J connectivity index is 2.04. The summed E-state index contributed by atoms with van der Waals surface area (Å²) in [5.74, 6) is 0.825. The fourth-order valence-corrected chi connectivity index (χ4v) is 5.49. The summed E-state index contributed by atoms with van der Waals surface area (Å²) in [6.07, 6.45) is 0. The standard InChI is InChI=1S/C23H25FN2O2S/c1-4-25(5-2)23(27)22-20-16-11-10-15(28-3)14-18(16)26(13-12-24)21(20)17-8-6-7-9-19(17)29-22/h6-11,14,22H,4-5,12-13H2,1-3H3/t22-/m0/s1/i24-1. The van der Waals surface area contributed by atoms with Crippen LogP contribution in [0.2, 0.25) is 0 Å². The van der Waals surface area contributed by atoms with Crippen molar-refractivity contribution < 1.29 is 13.9 Å². The number of carbonyl (C=O) groups excluding carboxylic acids is 1. The molecule has 6 heteroatoms. The molecule has 0 saturated heterocycles. The molecule has 3 aromatic rings. The number of likely N-dealkylation sites (N-methyl/N-ethyl adjacent to an activating group) is 1. The summed E-state index contributed by atoms with van der Waals surface area (Å²) in [5, 5.41) is 0.637. The second kappa shape index (κ2) is 8.11. The third-order valence-electron chi connectivity index (χ3n) is 5.57. The van der Waals surface area contributed by atoms with Crippen LogP contribution in [0.4, 0.5) is 4.39 Å². The number of amides is 1. The summed E-state index contributed by atoms with van der Waals surface area (Å²) in [4.78, 5) is 16.4. The van der Waals surface area contributed by atoms with Crippen molar-refractivity contribution in [2.45, 2.75) is 30.5 Å². The van der Waals surface area contributed by atoms with Crippen molar-refractivity contribution in [1.29, 1.82) is 0 Å². The number of hydrogen-bond donors (Lipinski definition) is 0. The van der Waals surface area contributed by atoms with Gasteiger partial charge in [-0.1, -0.05) is 18.2 Å². The first kappa shape index (κ1) is 19.8. The molecule has 1 amide bonds. The van der Waals surface area contributed by atoms with Crippen molar-refractivity contribution in [3.63, 3.8) is 0 Å². The maximum atomic E-state index is 13.6. The number of alkyl halides is 1. The number of thioether (sulfide) groups is 1. The highest BCUT2D eigenvalue weighted by atomic mass is 32.2. The Morgan fingerprint density at radius 3 is 2.66 bits per heavy atom. The summed E-state index contributed by atoms with van der Waals surface area (Å²) in [7, 11) is 1.63. The number of fused-ring (bicyclic) bond motifs is 5. The zero-order chi connectivity index (χ0) is 20.5. The van der Waals surface area contributed by atoms with Crippen LogP contribution in [0.1, 0.15) is 24.7 Å². The molecule has 2 aromatic carbocycles. The monoisotopic (exact) mass is 411 g/mol. The molecule has 0 unspecified atom stereocenters.